The first-order chi connectivity index (χ1) is 13.5. The van der Waals surface area contributed by atoms with Crippen LogP contribution in [0.4, 0.5) is 9.18 Å². The number of para-hydroxylation sites is 1. The Hall–Kier alpha value is -3.28. The Bertz CT molecular complexity index is 936. The van der Waals surface area contributed by atoms with Crippen molar-refractivity contribution in [2.45, 2.75) is 26.4 Å². The average Bonchev–Trinajstić information content (AvgIpc) is 2.68. The van der Waals surface area contributed by atoms with Gasteiger partial charge in [0.25, 0.3) is 0 Å². The van der Waals surface area contributed by atoms with Crippen molar-refractivity contribution in [1.29, 1.82) is 0 Å². The molecule has 3 rings (SSSR count). The van der Waals surface area contributed by atoms with E-state index < -0.39 is 6.16 Å². The number of benzene rings is 2. The standard InChI is InChI=1S/C22H22FNO4/c1-14-11-19(21(15(2)24-14)28-22(25)26-3)18-9-4-5-10-20(18)27-13-16-7-6-8-17(23)12-16/h4-12,19,24H,13H2,1-3H3. The minimum absolute atomic E-state index is 0.221. The van der Waals surface area contributed by atoms with Crippen LogP contribution in [0.3, 0.4) is 0 Å². The van der Waals surface area contributed by atoms with E-state index in [1.165, 1.54) is 19.2 Å². The number of methoxy groups -OCH3 is 1. The number of hydrogen-bond donors (Lipinski definition) is 1. The number of carbonyl (C=O) groups excluding carboxylic acids is 1. The Morgan fingerprint density at radius 3 is 2.68 bits per heavy atom. The smallest absolute Gasteiger partial charge is 0.489 e. The van der Waals surface area contributed by atoms with E-state index in [-0.39, 0.29) is 18.3 Å². The highest BCUT2D eigenvalue weighted by Crippen LogP contribution is 2.37. The van der Waals surface area contributed by atoms with E-state index >= 15 is 0 Å². The molecule has 0 spiro atoms. The minimum atomic E-state index is -0.785. The monoisotopic (exact) mass is 383 g/mol. The predicted molar refractivity (Wildman–Crippen MR) is 103 cm³/mol. The molecule has 1 N–H and O–H groups in total. The molecule has 2 aromatic carbocycles. The number of hydrogen-bond acceptors (Lipinski definition) is 5. The van der Waals surface area contributed by atoms with E-state index in [1.807, 2.05) is 44.2 Å². The maximum absolute atomic E-state index is 13.4. The van der Waals surface area contributed by atoms with Crippen LogP contribution in [0.1, 0.15) is 30.9 Å². The van der Waals surface area contributed by atoms with Crippen molar-refractivity contribution in [1.82, 2.24) is 5.32 Å². The summed E-state index contributed by atoms with van der Waals surface area (Å²) in [6.45, 7) is 3.98. The Morgan fingerprint density at radius 1 is 1.14 bits per heavy atom. The lowest BCUT2D eigenvalue weighted by atomic mass is 9.92. The van der Waals surface area contributed by atoms with Gasteiger partial charge in [-0.1, -0.05) is 36.4 Å². The lowest BCUT2D eigenvalue weighted by Crippen LogP contribution is -2.23. The molecule has 0 bridgehead atoms. The Labute approximate surface area is 163 Å². The fraction of sp³-hybridized carbons (Fsp3) is 0.227. The highest BCUT2D eigenvalue weighted by molar-refractivity contribution is 5.62. The van der Waals surface area contributed by atoms with Gasteiger partial charge in [-0.15, -0.1) is 0 Å². The van der Waals surface area contributed by atoms with Gasteiger partial charge < -0.3 is 19.5 Å². The lowest BCUT2D eigenvalue weighted by Gasteiger charge is -2.27. The number of carbonyl (C=O) groups is 1. The van der Waals surface area contributed by atoms with E-state index in [9.17, 15) is 9.18 Å². The summed E-state index contributed by atoms with van der Waals surface area (Å²) < 4.78 is 29.4. The topological polar surface area (TPSA) is 56.8 Å². The molecule has 0 amide bonds. The second kappa shape index (κ2) is 8.61. The fourth-order valence-electron chi connectivity index (χ4n) is 3.12. The van der Waals surface area contributed by atoms with E-state index in [2.05, 4.69) is 10.1 Å². The van der Waals surface area contributed by atoms with Crippen molar-refractivity contribution >= 4 is 6.16 Å². The third-order valence-corrected chi connectivity index (χ3v) is 4.35. The van der Waals surface area contributed by atoms with Crippen LogP contribution >= 0.6 is 0 Å². The summed E-state index contributed by atoms with van der Waals surface area (Å²) in [5, 5.41) is 3.17. The number of rotatable bonds is 5. The van der Waals surface area contributed by atoms with Crippen molar-refractivity contribution < 1.29 is 23.4 Å². The van der Waals surface area contributed by atoms with Crippen LogP contribution in [0.25, 0.3) is 0 Å². The summed E-state index contributed by atoms with van der Waals surface area (Å²) in [4.78, 5) is 11.7. The van der Waals surface area contributed by atoms with Crippen LogP contribution in [0.2, 0.25) is 0 Å². The van der Waals surface area contributed by atoms with E-state index in [0.717, 1.165) is 22.5 Å². The first-order valence-electron chi connectivity index (χ1n) is 8.86. The summed E-state index contributed by atoms with van der Waals surface area (Å²) in [5.41, 5.74) is 3.21. The average molecular weight is 383 g/mol. The van der Waals surface area contributed by atoms with Gasteiger partial charge in [0, 0.05) is 11.3 Å². The molecule has 0 saturated heterocycles. The van der Waals surface area contributed by atoms with Crippen LogP contribution in [-0.2, 0) is 16.1 Å². The molecule has 1 aliphatic heterocycles. The molecule has 0 radical (unpaired) electrons. The second-order valence-electron chi connectivity index (χ2n) is 6.45. The SMILES string of the molecule is COC(=O)OC1=C(C)NC(C)=CC1c1ccccc1OCc1cccc(F)c1. The molecule has 0 aromatic heterocycles. The van der Waals surface area contributed by atoms with Crippen LogP contribution in [0.5, 0.6) is 5.75 Å². The third-order valence-electron chi connectivity index (χ3n) is 4.35. The Morgan fingerprint density at radius 2 is 1.93 bits per heavy atom. The largest absolute Gasteiger partial charge is 0.513 e. The van der Waals surface area contributed by atoms with Gasteiger partial charge in [0.1, 0.15) is 23.9 Å². The summed E-state index contributed by atoms with van der Waals surface area (Å²) >= 11 is 0. The Balaban J connectivity index is 1.91. The maximum Gasteiger partial charge on any atom is 0.513 e. The highest BCUT2D eigenvalue weighted by atomic mass is 19.1. The van der Waals surface area contributed by atoms with E-state index in [4.69, 9.17) is 9.47 Å². The van der Waals surface area contributed by atoms with Crippen LogP contribution in [-0.4, -0.2) is 13.3 Å². The van der Waals surface area contributed by atoms with Gasteiger partial charge in [0.05, 0.1) is 18.7 Å². The molecule has 5 nitrogen and oxygen atoms in total. The van der Waals surface area contributed by atoms with Gasteiger partial charge in [0.15, 0.2) is 0 Å². The quantitative estimate of drug-likeness (QED) is 0.736. The van der Waals surface area contributed by atoms with Crippen LogP contribution in [0, 0.1) is 5.82 Å². The summed E-state index contributed by atoms with van der Waals surface area (Å²) in [5.74, 6) is 0.434. The summed E-state index contributed by atoms with van der Waals surface area (Å²) in [6, 6.07) is 13.8. The van der Waals surface area contributed by atoms with Gasteiger partial charge >= 0.3 is 6.16 Å². The van der Waals surface area contributed by atoms with Gasteiger partial charge in [-0.05, 0) is 37.6 Å². The normalized spacial score (nSPS) is 16.1. The van der Waals surface area contributed by atoms with Crippen LogP contribution < -0.4 is 10.1 Å². The van der Waals surface area contributed by atoms with Crippen molar-refractivity contribution in [3.05, 3.63) is 88.7 Å². The first kappa shape index (κ1) is 19.5. The van der Waals surface area contributed by atoms with Crippen molar-refractivity contribution in [2.75, 3.05) is 7.11 Å². The molecule has 6 heteroatoms. The zero-order chi connectivity index (χ0) is 20.1. The molecule has 1 heterocycles. The van der Waals surface area contributed by atoms with E-state index in [1.54, 1.807) is 12.1 Å². The zero-order valence-corrected chi connectivity index (χ0v) is 16.0. The molecular formula is C22H22FNO4. The molecule has 1 unspecified atom stereocenters. The molecule has 2 aromatic rings. The van der Waals surface area contributed by atoms with Crippen molar-refractivity contribution in [3.63, 3.8) is 0 Å². The number of halogens is 1. The number of nitrogens with one attached hydrogen (secondary N) is 1. The molecule has 0 aliphatic carbocycles. The van der Waals surface area contributed by atoms with Crippen LogP contribution in [0.15, 0.2) is 71.8 Å². The van der Waals surface area contributed by atoms with Gasteiger partial charge in [-0.25, -0.2) is 9.18 Å². The number of allylic oxidation sites excluding steroid dienone is 3. The molecule has 146 valence electrons. The second-order valence-corrected chi connectivity index (χ2v) is 6.45. The minimum Gasteiger partial charge on any atom is -0.489 e. The third kappa shape index (κ3) is 4.52. The van der Waals surface area contributed by atoms with Crippen molar-refractivity contribution in [2.24, 2.45) is 0 Å². The first-order valence-corrected chi connectivity index (χ1v) is 8.86. The molecule has 1 aliphatic rings. The maximum atomic E-state index is 13.4. The summed E-state index contributed by atoms with van der Waals surface area (Å²) in [6.07, 6.45) is 1.17. The fourth-order valence-corrected chi connectivity index (χ4v) is 3.12. The molecular weight excluding hydrogens is 361 g/mol. The summed E-state index contributed by atoms with van der Waals surface area (Å²) in [7, 11) is 1.26. The lowest BCUT2D eigenvalue weighted by molar-refractivity contribution is 0.0923. The molecule has 1 atom stereocenters. The highest BCUT2D eigenvalue weighted by Gasteiger charge is 2.28. The molecule has 0 fully saturated rings. The number of dihydropyridines is 1. The zero-order valence-electron chi connectivity index (χ0n) is 16.0. The molecule has 28 heavy (non-hydrogen) atoms. The van der Waals surface area contributed by atoms with E-state index in [0.29, 0.717) is 11.5 Å². The number of ether oxygens (including phenoxy) is 3. The predicted octanol–water partition coefficient (Wildman–Crippen LogP) is 5.01. The van der Waals surface area contributed by atoms with Crippen molar-refractivity contribution in [3.8, 4) is 5.75 Å². The molecule has 0 saturated carbocycles. The van der Waals surface area contributed by atoms with Gasteiger partial charge in [-0.3, -0.25) is 0 Å². The Kier molecular flexibility index (Phi) is 5.99. The van der Waals surface area contributed by atoms with Gasteiger partial charge in [0.2, 0.25) is 0 Å². The van der Waals surface area contributed by atoms with Gasteiger partial charge in [-0.2, -0.15) is 0 Å².